The van der Waals surface area contributed by atoms with Crippen molar-refractivity contribution < 1.29 is 14.8 Å². The van der Waals surface area contributed by atoms with Gasteiger partial charge in [-0.3, -0.25) is 10.1 Å². The number of carbonyl (C=O) groups is 1. The van der Waals surface area contributed by atoms with Crippen LogP contribution in [-0.2, 0) is 6.54 Å². The summed E-state index contributed by atoms with van der Waals surface area (Å²) in [6.45, 7) is 0.370. The van der Waals surface area contributed by atoms with Gasteiger partial charge in [0.15, 0.2) is 0 Å². The second-order valence-corrected chi connectivity index (χ2v) is 5.10. The second kappa shape index (κ2) is 6.36. The van der Waals surface area contributed by atoms with Gasteiger partial charge in [-0.2, -0.15) is 0 Å². The minimum atomic E-state index is -1.03. The molecule has 2 aromatic rings. The van der Waals surface area contributed by atoms with E-state index < -0.39 is 10.9 Å². The third-order valence-corrected chi connectivity index (χ3v) is 3.52. The van der Waals surface area contributed by atoms with E-state index in [0.717, 1.165) is 5.56 Å². The van der Waals surface area contributed by atoms with E-state index in [9.17, 15) is 20.0 Å². The molecule has 2 N–H and O–H groups in total. The molecule has 0 spiro atoms. The van der Waals surface area contributed by atoms with Crippen molar-refractivity contribution in [3.8, 4) is 0 Å². The molecule has 0 aromatic heterocycles. The zero-order chi connectivity index (χ0) is 15.4. The van der Waals surface area contributed by atoms with Gasteiger partial charge >= 0.3 is 5.97 Å². The number of anilines is 1. The molecule has 0 aliphatic heterocycles. The molecular formula is C14H11BrN2O4. The Morgan fingerprint density at radius 2 is 1.90 bits per heavy atom. The molecule has 0 radical (unpaired) electrons. The van der Waals surface area contributed by atoms with Crippen molar-refractivity contribution in [3.05, 3.63) is 68.2 Å². The Labute approximate surface area is 128 Å². The van der Waals surface area contributed by atoms with Crippen LogP contribution in [0.5, 0.6) is 0 Å². The average molecular weight is 351 g/mol. The van der Waals surface area contributed by atoms with E-state index >= 15 is 0 Å². The second-order valence-electron chi connectivity index (χ2n) is 4.24. The number of nitro groups is 1. The van der Waals surface area contributed by atoms with Gasteiger partial charge in [0, 0.05) is 23.2 Å². The zero-order valence-corrected chi connectivity index (χ0v) is 12.3. The molecular weight excluding hydrogens is 340 g/mol. The van der Waals surface area contributed by atoms with Crippen molar-refractivity contribution in [2.45, 2.75) is 6.54 Å². The van der Waals surface area contributed by atoms with Crippen molar-refractivity contribution in [3.63, 3.8) is 0 Å². The number of halogens is 1. The topological polar surface area (TPSA) is 92.5 Å². The Morgan fingerprint density at radius 1 is 1.24 bits per heavy atom. The van der Waals surface area contributed by atoms with Crippen LogP contribution in [0.4, 0.5) is 11.4 Å². The summed E-state index contributed by atoms with van der Waals surface area (Å²) >= 11 is 3.20. The molecule has 6 nitrogen and oxygen atoms in total. The maximum Gasteiger partial charge on any atom is 0.338 e. The van der Waals surface area contributed by atoms with Crippen LogP contribution in [0.15, 0.2) is 46.9 Å². The van der Waals surface area contributed by atoms with Crippen molar-refractivity contribution in [1.82, 2.24) is 0 Å². The fourth-order valence-electron chi connectivity index (χ4n) is 1.82. The van der Waals surface area contributed by atoms with Crippen LogP contribution in [0.1, 0.15) is 15.9 Å². The first-order valence-corrected chi connectivity index (χ1v) is 6.77. The van der Waals surface area contributed by atoms with E-state index in [4.69, 9.17) is 0 Å². The SMILES string of the molecule is O=C(O)c1c(Br)cccc1NCc1ccc([N+](=O)[O-])cc1. The summed E-state index contributed by atoms with van der Waals surface area (Å²) in [5.74, 6) is -1.03. The van der Waals surface area contributed by atoms with Crippen LogP contribution in [0.25, 0.3) is 0 Å². The number of rotatable bonds is 5. The van der Waals surface area contributed by atoms with E-state index in [1.807, 2.05) is 0 Å². The fraction of sp³-hybridized carbons (Fsp3) is 0.0714. The Balaban J connectivity index is 2.15. The van der Waals surface area contributed by atoms with E-state index in [2.05, 4.69) is 21.2 Å². The van der Waals surface area contributed by atoms with Crippen LogP contribution in [0, 0.1) is 10.1 Å². The number of non-ortho nitro benzene ring substituents is 1. The third-order valence-electron chi connectivity index (χ3n) is 2.86. The van der Waals surface area contributed by atoms with Gasteiger partial charge in [0.05, 0.1) is 16.2 Å². The van der Waals surface area contributed by atoms with Crippen LogP contribution in [-0.4, -0.2) is 16.0 Å². The van der Waals surface area contributed by atoms with Crippen molar-refractivity contribution >= 4 is 33.3 Å². The standard InChI is InChI=1S/C14H11BrN2O4/c15-11-2-1-3-12(13(11)14(18)19)16-8-9-4-6-10(7-5-9)17(20)21/h1-7,16H,8H2,(H,18,19). The first kappa shape index (κ1) is 15.0. The molecule has 2 rings (SSSR count). The van der Waals surface area contributed by atoms with Gasteiger partial charge in [0.1, 0.15) is 0 Å². The van der Waals surface area contributed by atoms with E-state index in [-0.39, 0.29) is 11.3 Å². The molecule has 0 amide bonds. The maximum atomic E-state index is 11.2. The summed E-state index contributed by atoms with van der Waals surface area (Å²) in [6.07, 6.45) is 0. The van der Waals surface area contributed by atoms with Gasteiger partial charge in [-0.25, -0.2) is 4.79 Å². The highest BCUT2D eigenvalue weighted by Gasteiger charge is 2.13. The van der Waals surface area contributed by atoms with E-state index in [1.165, 1.54) is 12.1 Å². The number of hydrogen-bond donors (Lipinski definition) is 2. The molecule has 7 heteroatoms. The lowest BCUT2D eigenvalue weighted by Crippen LogP contribution is -2.07. The van der Waals surface area contributed by atoms with Gasteiger partial charge < -0.3 is 10.4 Å². The van der Waals surface area contributed by atoms with Crippen LogP contribution in [0.2, 0.25) is 0 Å². The molecule has 0 saturated carbocycles. The molecule has 108 valence electrons. The predicted octanol–water partition coefficient (Wildman–Crippen LogP) is 3.67. The highest BCUT2D eigenvalue weighted by molar-refractivity contribution is 9.10. The Kier molecular flexibility index (Phi) is 4.54. The fourth-order valence-corrected chi connectivity index (χ4v) is 2.36. The molecule has 0 heterocycles. The molecule has 0 aliphatic carbocycles. The first-order chi connectivity index (χ1) is 9.99. The number of carboxylic acid groups (broad SMARTS) is 1. The quantitative estimate of drug-likeness (QED) is 0.633. The Morgan fingerprint density at radius 3 is 2.48 bits per heavy atom. The van der Waals surface area contributed by atoms with Crippen LogP contribution in [0.3, 0.4) is 0 Å². The molecule has 21 heavy (non-hydrogen) atoms. The zero-order valence-electron chi connectivity index (χ0n) is 10.7. The number of nitro benzene ring substituents is 1. The summed E-state index contributed by atoms with van der Waals surface area (Å²) in [5.41, 5.74) is 1.47. The number of aromatic carboxylic acids is 1. The van der Waals surface area contributed by atoms with Crippen molar-refractivity contribution in [2.24, 2.45) is 0 Å². The van der Waals surface area contributed by atoms with Crippen LogP contribution < -0.4 is 5.32 Å². The van der Waals surface area contributed by atoms with Crippen molar-refractivity contribution in [2.75, 3.05) is 5.32 Å². The van der Waals surface area contributed by atoms with Crippen molar-refractivity contribution in [1.29, 1.82) is 0 Å². The number of nitrogens with one attached hydrogen (secondary N) is 1. The molecule has 0 bridgehead atoms. The van der Waals surface area contributed by atoms with Gasteiger partial charge in [-0.05, 0) is 33.6 Å². The lowest BCUT2D eigenvalue weighted by atomic mass is 10.1. The Bertz CT molecular complexity index is 686. The van der Waals surface area contributed by atoms with E-state index in [1.54, 1.807) is 30.3 Å². The third kappa shape index (κ3) is 3.57. The monoisotopic (exact) mass is 350 g/mol. The summed E-state index contributed by atoms with van der Waals surface area (Å²) in [4.78, 5) is 21.3. The van der Waals surface area contributed by atoms with Crippen LogP contribution >= 0.6 is 15.9 Å². The molecule has 0 saturated heterocycles. The molecule has 0 aliphatic rings. The molecule has 0 fully saturated rings. The normalized spacial score (nSPS) is 10.1. The largest absolute Gasteiger partial charge is 0.478 e. The number of benzene rings is 2. The van der Waals surface area contributed by atoms with Gasteiger partial charge in [-0.15, -0.1) is 0 Å². The number of nitrogens with zero attached hydrogens (tertiary/aromatic N) is 1. The van der Waals surface area contributed by atoms with Gasteiger partial charge in [0.25, 0.3) is 5.69 Å². The molecule has 2 aromatic carbocycles. The summed E-state index contributed by atoms with van der Waals surface area (Å²) in [7, 11) is 0. The highest BCUT2D eigenvalue weighted by atomic mass is 79.9. The lowest BCUT2D eigenvalue weighted by Gasteiger charge is -2.10. The summed E-state index contributed by atoms with van der Waals surface area (Å²) in [5, 5.41) is 22.8. The van der Waals surface area contributed by atoms with Gasteiger partial charge in [0.2, 0.25) is 0 Å². The first-order valence-electron chi connectivity index (χ1n) is 5.98. The minimum Gasteiger partial charge on any atom is -0.478 e. The summed E-state index contributed by atoms with van der Waals surface area (Å²) < 4.78 is 0.490. The maximum absolute atomic E-state index is 11.2. The molecule has 0 unspecified atom stereocenters. The average Bonchev–Trinajstić information content (AvgIpc) is 2.45. The van der Waals surface area contributed by atoms with Gasteiger partial charge in [-0.1, -0.05) is 18.2 Å². The number of carboxylic acids is 1. The highest BCUT2D eigenvalue weighted by Crippen LogP contribution is 2.25. The predicted molar refractivity (Wildman–Crippen MR) is 81.5 cm³/mol. The Hall–Kier alpha value is -2.41. The lowest BCUT2D eigenvalue weighted by molar-refractivity contribution is -0.384. The summed E-state index contributed by atoms with van der Waals surface area (Å²) in [6, 6.07) is 11.1. The number of hydrogen-bond acceptors (Lipinski definition) is 4. The molecule has 0 atom stereocenters. The van der Waals surface area contributed by atoms with E-state index in [0.29, 0.717) is 16.7 Å². The smallest absolute Gasteiger partial charge is 0.338 e. The minimum absolute atomic E-state index is 0.0208.